The Morgan fingerprint density at radius 1 is 1.28 bits per heavy atom. The topological polar surface area (TPSA) is 15.3 Å². The largest absolute Gasteiger partial charge is 0.313 e. The van der Waals surface area contributed by atoms with Crippen molar-refractivity contribution in [2.24, 2.45) is 5.92 Å². The molecule has 1 heterocycles. The lowest BCUT2D eigenvalue weighted by molar-refractivity contribution is 0.314. The predicted octanol–water partition coefficient (Wildman–Crippen LogP) is 3.59. The van der Waals surface area contributed by atoms with E-state index in [1.807, 2.05) is 0 Å². The Bertz CT molecular complexity index is 295. The van der Waals surface area contributed by atoms with Crippen LogP contribution in [0, 0.1) is 5.92 Å². The Morgan fingerprint density at radius 2 is 2.06 bits per heavy atom. The highest BCUT2D eigenvalue weighted by Crippen LogP contribution is 2.08. The van der Waals surface area contributed by atoms with E-state index in [1.54, 1.807) is 11.3 Å². The Hall–Kier alpha value is -0.380. The van der Waals surface area contributed by atoms with Gasteiger partial charge in [-0.15, -0.1) is 0 Å². The number of nitrogens with zero attached hydrogens (tertiary/aromatic N) is 1. The molecule has 1 aromatic rings. The number of nitrogens with one attached hydrogen (secondary N) is 1. The van der Waals surface area contributed by atoms with Gasteiger partial charge in [-0.1, -0.05) is 13.8 Å². The van der Waals surface area contributed by atoms with Crippen molar-refractivity contribution in [2.75, 3.05) is 20.1 Å². The molecule has 0 spiro atoms. The Kier molecular flexibility index (Phi) is 7.56. The summed E-state index contributed by atoms with van der Waals surface area (Å²) in [6.07, 6.45) is 2.60. The van der Waals surface area contributed by atoms with Gasteiger partial charge < -0.3 is 10.2 Å². The van der Waals surface area contributed by atoms with Crippen LogP contribution in [-0.4, -0.2) is 31.1 Å². The summed E-state index contributed by atoms with van der Waals surface area (Å²) < 4.78 is 0. The van der Waals surface area contributed by atoms with Crippen LogP contribution < -0.4 is 5.32 Å². The van der Waals surface area contributed by atoms with Crippen LogP contribution in [0.1, 0.15) is 39.2 Å². The fourth-order valence-electron chi connectivity index (χ4n) is 1.96. The summed E-state index contributed by atoms with van der Waals surface area (Å²) in [5.74, 6) is 0.815. The van der Waals surface area contributed by atoms with Crippen molar-refractivity contribution in [1.82, 2.24) is 10.2 Å². The van der Waals surface area contributed by atoms with E-state index in [4.69, 9.17) is 0 Å². The second-order valence-corrected chi connectivity index (χ2v) is 6.48. The number of hydrogen-bond acceptors (Lipinski definition) is 3. The maximum atomic E-state index is 3.61. The fourth-order valence-corrected chi connectivity index (χ4v) is 2.62. The van der Waals surface area contributed by atoms with Crippen molar-refractivity contribution < 1.29 is 0 Å². The Labute approximate surface area is 116 Å². The van der Waals surface area contributed by atoms with E-state index < -0.39 is 0 Å². The highest BCUT2D eigenvalue weighted by molar-refractivity contribution is 7.07. The summed E-state index contributed by atoms with van der Waals surface area (Å²) >= 11 is 1.78. The maximum Gasteiger partial charge on any atom is 0.0239 e. The van der Waals surface area contributed by atoms with Gasteiger partial charge in [-0.2, -0.15) is 11.3 Å². The molecule has 2 nitrogen and oxygen atoms in total. The molecule has 0 saturated heterocycles. The summed E-state index contributed by atoms with van der Waals surface area (Å²) in [6, 6.07) is 2.85. The molecular weight excluding hydrogens is 240 g/mol. The summed E-state index contributed by atoms with van der Waals surface area (Å²) in [7, 11) is 2.19. The fraction of sp³-hybridized carbons (Fsp3) is 0.733. The van der Waals surface area contributed by atoms with Crippen molar-refractivity contribution in [3.05, 3.63) is 22.4 Å². The zero-order chi connectivity index (χ0) is 13.4. The van der Waals surface area contributed by atoms with Gasteiger partial charge in [0, 0.05) is 25.7 Å². The van der Waals surface area contributed by atoms with Crippen molar-refractivity contribution >= 4 is 11.3 Å². The minimum Gasteiger partial charge on any atom is -0.313 e. The highest BCUT2D eigenvalue weighted by atomic mass is 32.1. The number of thiophene rings is 1. The van der Waals surface area contributed by atoms with E-state index in [-0.39, 0.29) is 0 Å². The van der Waals surface area contributed by atoms with E-state index >= 15 is 0 Å². The molecule has 0 saturated carbocycles. The number of hydrogen-bond donors (Lipinski definition) is 1. The lowest BCUT2D eigenvalue weighted by Gasteiger charge is -2.19. The molecule has 1 aromatic heterocycles. The van der Waals surface area contributed by atoms with E-state index in [2.05, 4.69) is 54.9 Å². The summed E-state index contributed by atoms with van der Waals surface area (Å²) in [5.41, 5.74) is 1.43. The van der Waals surface area contributed by atoms with Gasteiger partial charge in [0.2, 0.25) is 0 Å². The van der Waals surface area contributed by atoms with Crippen LogP contribution in [0.3, 0.4) is 0 Å². The van der Waals surface area contributed by atoms with Gasteiger partial charge in [0.1, 0.15) is 0 Å². The molecule has 1 atom stereocenters. The average molecular weight is 268 g/mol. The molecule has 0 aliphatic rings. The minimum atomic E-state index is 0.641. The van der Waals surface area contributed by atoms with Crippen LogP contribution >= 0.6 is 11.3 Å². The summed E-state index contributed by atoms with van der Waals surface area (Å²) in [5, 5.41) is 7.99. The van der Waals surface area contributed by atoms with Gasteiger partial charge in [0.25, 0.3) is 0 Å². The van der Waals surface area contributed by atoms with Crippen LogP contribution in [0.2, 0.25) is 0 Å². The second kappa shape index (κ2) is 8.68. The molecule has 1 unspecified atom stereocenters. The first-order valence-corrected chi connectivity index (χ1v) is 7.95. The van der Waals surface area contributed by atoms with Gasteiger partial charge in [0.15, 0.2) is 0 Å². The molecule has 0 aliphatic carbocycles. The normalized spacial score (nSPS) is 13.4. The molecule has 1 N–H and O–H groups in total. The van der Waals surface area contributed by atoms with Crippen molar-refractivity contribution in [1.29, 1.82) is 0 Å². The van der Waals surface area contributed by atoms with Gasteiger partial charge in [-0.05, 0) is 55.1 Å². The standard InChI is InChI=1S/C15H28N2S/c1-13(2)5-6-14(3)16-8-9-17(4)11-15-7-10-18-12-15/h7,10,12-14,16H,5-6,8-9,11H2,1-4H3. The van der Waals surface area contributed by atoms with E-state index in [9.17, 15) is 0 Å². The molecule has 0 aliphatic heterocycles. The molecular formula is C15H28N2S. The van der Waals surface area contributed by atoms with Crippen molar-refractivity contribution in [3.8, 4) is 0 Å². The average Bonchev–Trinajstić information content (AvgIpc) is 2.79. The lowest BCUT2D eigenvalue weighted by Crippen LogP contribution is -2.34. The van der Waals surface area contributed by atoms with E-state index in [0.29, 0.717) is 6.04 Å². The summed E-state index contributed by atoms with van der Waals surface area (Å²) in [4.78, 5) is 2.38. The Balaban J connectivity index is 2.06. The lowest BCUT2D eigenvalue weighted by atomic mass is 10.0. The first-order valence-electron chi connectivity index (χ1n) is 7.01. The van der Waals surface area contributed by atoms with E-state index in [1.165, 1.54) is 18.4 Å². The molecule has 18 heavy (non-hydrogen) atoms. The first-order chi connectivity index (χ1) is 8.58. The number of likely N-dealkylation sites (N-methyl/N-ethyl adjacent to an activating group) is 1. The molecule has 0 amide bonds. The molecule has 0 bridgehead atoms. The van der Waals surface area contributed by atoms with Gasteiger partial charge in [0.05, 0.1) is 0 Å². The molecule has 0 fully saturated rings. The number of rotatable bonds is 9. The van der Waals surface area contributed by atoms with Crippen LogP contribution in [0.25, 0.3) is 0 Å². The second-order valence-electron chi connectivity index (χ2n) is 5.70. The zero-order valence-corrected chi connectivity index (χ0v) is 13.1. The first kappa shape index (κ1) is 15.7. The zero-order valence-electron chi connectivity index (χ0n) is 12.3. The van der Waals surface area contributed by atoms with E-state index in [0.717, 1.165) is 25.6 Å². The predicted molar refractivity (Wildman–Crippen MR) is 82.2 cm³/mol. The third kappa shape index (κ3) is 7.14. The molecule has 3 heteroatoms. The van der Waals surface area contributed by atoms with Crippen LogP contribution in [-0.2, 0) is 6.54 Å². The highest BCUT2D eigenvalue weighted by Gasteiger charge is 2.04. The van der Waals surface area contributed by atoms with Crippen molar-refractivity contribution in [3.63, 3.8) is 0 Å². The van der Waals surface area contributed by atoms with Gasteiger partial charge in [-0.25, -0.2) is 0 Å². The maximum absolute atomic E-state index is 3.61. The van der Waals surface area contributed by atoms with Gasteiger partial charge in [-0.3, -0.25) is 0 Å². The monoisotopic (exact) mass is 268 g/mol. The third-order valence-electron chi connectivity index (χ3n) is 3.20. The molecule has 0 radical (unpaired) electrons. The van der Waals surface area contributed by atoms with Crippen LogP contribution in [0.5, 0.6) is 0 Å². The van der Waals surface area contributed by atoms with Crippen molar-refractivity contribution in [2.45, 2.75) is 46.2 Å². The smallest absolute Gasteiger partial charge is 0.0239 e. The summed E-state index contributed by atoms with van der Waals surface area (Å²) in [6.45, 7) is 10.1. The third-order valence-corrected chi connectivity index (χ3v) is 3.93. The van der Waals surface area contributed by atoms with Crippen LogP contribution in [0.4, 0.5) is 0 Å². The van der Waals surface area contributed by atoms with Gasteiger partial charge >= 0.3 is 0 Å². The molecule has 1 rings (SSSR count). The Morgan fingerprint density at radius 3 is 2.67 bits per heavy atom. The van der Waals surface area contributed by atoms with Crippen LogP contribution in [0.15, 0.2) is 16.8 Å². The minimum absolute atomic E-state index is 0.641. The quantitative estimate of drug-likeness (QED) is 0.736. The molecule has 104 valence electrons. The SMILES string of the molecule is CC(C)CCC(C)NCCN(C)Cc1ccsc1. The molecule has 0 aromatic carbocycles.